The van der Waals surface area contributed by atoms with Gasteiger partial charge in [-0.1, -0.05) is 41.0 Å². The van der Waals surface area contributed by atoms with Crippen molar-refractivity contribution in [2.45, 2.75) is 19.7 Å². The zero-order valence-electron chi connectivity index (χ0n) is 16.0. The van der Waals surface area contributed by atoms with Crippen LogP contribution in [0.1, 0.15) is 28.7 Å². The number of halogens is 4. The first-order valence-electron chi connectivity index (χ1n) is 9.09. The van der Waals surface area contributed by atoms with Crippen LogP contribution in [-0.4, -0.2) is 15.9 Å². The first-order chi connectivity index (χ1) is 14.7. The second-order valence-corrected chi connectivity index (χ2v) is 7.12. The Morgan fingerprint density at radius 1 is 1.10 bits per heavy atom. The number of ether oxygens (including phenoxy) is 1. The maximum Gasteiger partial charge on any atom is 0.416 e. The largest absolute Gasteiger partial charge is 0.484 e. The van der Waals surface area contributed by atoms with Gasteiger partial charge in [-0.15, -0.1) is 0 Å². The van der Waals surface area contributed by atoms with E-state index in [1.165, 1.54) is 19.1 Å². The van der Waals surface area contributed by atoms with E-state index in [0.29, 0.717) is 27.3 Å². The van der Waals surface area contributed by atoms with Crippen molar-refractivity contribution in [3.8, 4) is 17.2 Å². The lowest BCUT2D eigenvalue weighted by Gasteiger charge is -2.13. The Bertz CT molecular complexity index is 1270. The first-order valence-corrected chi connectivity index (χ1v) is 9.47. The molecule has 4 aromatic rings. The molecule has 4 rings (SSSR count). The minimum Gasteiger partial charge on any atom is -0.484 e. The highest BCUT2D eigenvalue weighted by atomic mass is 35.5. The lowest BCUT2D eigenvalue weighted by molar-refractivity contribution is -0.137. The van der Waals surface area contributed by atoms with Crippen LogP contribution in [0.15, 0.2) is 59.1 Å². The highest BCUT2D eigenvalue weighted by molar-refractivity contribution is 6.36. The number of fused-ring (bicyclic) bond motifs is 1. The van der Waals surface area contributed by atoms with Crippen LogP contribution in [0, 0.1) is 0 Å². The number of nitrogens with zero attached hydrogens (tertiary/aromatic N) is 2. The van der Waals surface area contributed by atoms with Gasteiger partial charge in [-0.3, -0.25) is 4.79 Å². The van der Waals surface area contributed by atoms with Gasteiger partial charge in [-0.2, -0.15) is 18.2 Å². The molecule has 0 aliphatic heterocycles. The molecule has 5 nitrogen and oxygen atoms in total. The molecule has 0 unspecified atom stereocenters. The van der Waals surface area contributed by atoms with Crippen molar-refractivity contribution in [3.63, 3.8) is 0 Å². The Morgan fingerprint density at radius 3 is 2.42 bits per heavy atom. The summed E-state index contributed by atoms with van der Waals surface area (Å²) < 4.78 is 49.1. The molecule has 0 saturated carbocycles. The maximum absolute atomic E-state index is 12.7. The van der Waals surface area contributed by atoms with Crippen LogP contribution in [0.3, 0.4) is 0 Å². The number of aromatic nitrogens is 2. The normalized spacial score (nSPS) is 11.6. The molecule has 158 valence electrons. The standard InChI is InChI=1S/C22H14ClF3N2O3/c1-12(29)17-10-18(23)15-4-2-3-5-16(15)20(17)30-11-19-27-21(31-28-19)13-6-8-14(9-7-13)22(24,25)26/h2-10H,11H2,1H3. The van der Waals surface area contributed by atoms with Gasteiger partial charge < -0.3 is 9.26 Å². The lowest BCUT2D eigenvalue weighted by atomic mass is 10.0. The van der Waals surface area contributed by atoms with Gasteiger partial charge in [0.25, 0.3) is 5.89 Å². The van der Waals surface area contributed by atoms with E-state index in [9.17, 15) is 18.0 Å². The number of rotatable bonds is 5. The Kier molecular flexibility index (Phi) is 5.41. The number of Topliss-reactive ketones (excluding diaryl/α,β-unsaturated/α-hetero) is 1. The number of carbonyl (C=O) groups is 1. The van der Waals surface area contributed by atoms with Crippen molar-refractivity contribution in [1.29, 1.82) is 0 Å². The molecule has 0 atom stereocenters. The van der Waals surface area contributed by atoms with E-state index in [4.69, 9.17) is 20.9 Å². The molecule has 0 bridgehead atoms. The summed E-state index contributed by atoms with van der Waals surface area (Å²) in [6.07, 6.45) is -4.43. The molecule has 0 spiro atoms. The summed E-state index contributed by atoms with van der Waals surface area (Å²) in [6, 6.07) is 13.1. The molecule has 0 saturated heterocycles. The van der Waals surface area contributed by atoms with E-state index in [1.54, 1.807) is 18.2 Å². The third kappa shape index (κ3) is 4.25. The van der Waals surface area contributed by atoms with Gasteiger partial charge in [0.2, 0.25) is 5.82 Å². The van der Waals surface area contributed by atoms with Crippen molar-refractivity contribution >= 4 is 28.2 Å². The van der Waals surface area contributed by atoms with Gasteiger partial charge >= 0.3 is 6.18 Å². The fraction of sp³-hybridized carbons (Fsp3) is 0.136. The molecule has 1 heterocycles. The van der Waals surface area contributed by atoms with Gasteiger partial charge in [0.05, 0.1) is 11.1 Å². The van der Waals surface area contributed by atoms with E-state index in [2.05, 4.69) is 10.1 Å². The van der Waals surface area contributed by atoms with Crippen LogP contribution in [0.25, 0.3) is 22.2 Å². The predicted molar refractivity (Wildman–Crippen MR) is 108 cm³/mol. The number of alkyl halides is 3. The van der Waals surface area contributed by atoms with Crippen LogP contribution in [-0.2, 0) is 12.8 Å². The third-order valence-corrected chi connectivity index (χ3v) is 4.91. The number of hydrogen-bond donors (Lipinski definition) is 0. The average Bonchev–Trinajstić information content (AvgIpc) is 3.21. The summed E-state index contributed by atoms with van der Waals surface area (Å²) in [5, 5.41) is 5.62. The van der Waals surface area contributed by atoms with Crippen LogP contribution < -0.4 is 4.74 Å². The zero-order valence-corrected chi connectivity index (χ0v) is 16.8. The van der Waals surface area contributed by atoms with Crippen molar-refractivity contribution in [1.82, 2.24) is 10.1 Å². The fourth-order valence-electron chi connectivity index (χ4n) is 3.09. The second kappa shape index (κ2) is 8.03. The van der Waals surface area contributed by atoms with Gasteiger partial charge in [-0.05, 0) is 37.3 Å². The highest BCUT2D eigenvalue weighted by Gasteiger charge is 2.30. The van der Waals surface area contributed by atoms with Crippen LogP contribution >= 0.6 is 11.6 Å². The fourth-order valence-corrected chi connectivity index (χ4v) is 3.36. The van der Waals surface area contributed by atoms with Gasteiger partial charge in [0, 0.05) is 21.4 Å². The van der Waals surface area contributed by atoms with E-state index >= 15 is 0 Å². The Morgan fingerprint density at radius 2 is 1.77 bits per heavy atom. The van der Waals surface area contributed by atoms with Crippen molar-refractivity contribution in [2.24, 2.45) is 0 Å². The summed E-state index contributed by atoms with van der Waals surface area (Å²) in [5.41, 5.74) is -0.117. The van der Waals surface area contributed by atoms with E-state index in [-0.39, 0.29) is 24.1 Å². The summed E-state index contributed by atoms with van der Waals surface area (Å²) in [4.78, 5) is 16.3. The molecule has 0 amide bonds. The minimum atomic E-state index is -4.43. The Balaban J connectivity index is 1.59. The zero-order chi connectivity index (χ0) is 22.2. The van der Waals surface area contributed by atoms with Gasteiger partial charge in [-0.25, -0.2) is 0 Å². The summed E-state index contributed by atoms with van der Waals surface area (Å²) in [6.45, 7) is 1.29. The van der Waals surface area contributed by atoms with Gasteiger partial charge in [0.1, 0.15) is 5.75 Å². The van der Waals surface area contributed by atoms with Crippen molar-refractivity contribution < 1.29 is 27.2 Å². The SMILES string of the molecule is CC(=O)c1cc(Cl)c2ccccc2c1OCc1noc(-c2ccc(C(F)(F)F)cc2)n1. The van der Waals surface area contributed by atoms with Crippen LogP contribution in [0.4, 0.5) is 13.2 Å². The smallest absolute Gasteiger partial charge is 0.416 e. The van der Waals surface area contributed by atoms with E-state index in [0.717, 1.165) is 17.5 Å². The molecule has 31 heavy (non-hydrogen) atoms. The van der Waals surface area contributed by atoms with Crippen molar-refractivity contribution in [2.75, 3.05) is 0 Å². The summed E-state index contributed by atoms with van der Waals surface area (Å²) in [5.74, 6) is 0.345. The summed E-state index contributed by atoms with van der Waals surface area (Å²) in [7, 11) is 0. The number of hydrogen-bond acceptors (Lipinski definition) is 5. The number of benzene rings is 3. The topological polar surface area (TPSA) is 65.2 Å². The highest BCUT2D eigenvalue weighted by Crippen LogP contribution is 2.36. The molecule has 0 fully saturated rings. The monoisotopic (exact) mass is 446 g/mol. The molecule has 0 N–H and O–H groups in total. The van der Waals surface area contributed by atoms with Crippen LogP contribution in [0.2, 0.25) is 5.02 Å². The average molecular weight is 447 g/mol. The molecule has 3 aromatic carbocycles. The predicted octanol–water partition coefficient (Wildman–Crippen LogP) is 6.34. The molecule has 1 aromatic heterocycles. The molecule has 9 heteroatoms. The summed E-state index contributed by atoms with van der Waals surface area (Å²) >= 11 is 6.29. The Labute approximate surface area is 179 Å². The molecular formula is C22H14ClF3N2O3. The van der Waals surface area contributed by atoms with E-state index < -0.39 is 11.7 Å². The number of carbonyl (C=O) groups excluding carboxylic acids is 1. The molecule has 0 aliphatic rings. The molecule has 0 aliphatic carbocycles. The third-order valence-electron chi connectivity index (χ3n) is 4.60. The minimum absolute atomic E-state index is 0.0556. The van der Waals surface area contributed by atoms with Gasteiger partial charge in [0.15, 0.2) is 12.4 Å². The first kappa shape index (κ1) is 20.9. The van der Waals surface area contributed by atoms with E-state index in [1.807, 2.05) is 12.1 Å². The maximum atomic E-state index is 12.7. The molecule has 0 radical (unpaired) electrons. The lowest BCUT2D eigenvalue weighted by Crippen LogP contribution is -2.04. The Hall–Kier alpha value is -3.39. The quantitative estimate of drug-likeness (QED) is 0.334. The number of ketones is 1. The second-order valence-electron chi connectivity index (χ2n) is 6.72. The van der Waals surface area contributed by atoms with Crippen molar-refractivity contribution in [3.05, 3.63) is 76.6 Å². The molecular weight excluding hydrogens is 433 g/mol. The van der Waals surface area contributed by atoms with Crippen LogP contribution in [0.5, 0.6) is 5.75 Å².